The van der Waals surface area contributed by atoms with Crippen LogP contribution in [0.3, 0.4) is 0 Å². The highest BCUT2D eigenvalue weighted by molar-refractivity contribution is 6.29. The van der Waals surface area contributed by atoms with Gasteiger partial charge in [-0.1, -0.05) is 67.1 Å². The highest BCUT2D eigenvalue weighted by Crippen LogP contribution is 2.30. The molecular weight excluding hydrogens is 424 g/mol. The molecule has 0 saturated carbocycles. The van der Waals surface area contributed by atoms with Crippen LogP contribution in [0.15, 0.2) is 66.7 Å². The van der Waals surface area contributed by atoms with E-state index in [1.807, 2.05) is 48.5 Å². The van der Waals surface area contributed by atoms with Crippen LogP contribution in [0, 0.1) is 0 Å². The highest BCUT2D eigenvalue weighted by atomic mass is 35.5. The van der Waals surface area contributed by atoms with Crippen LogP contribution in [0.2, 0.25) is 5.15 Å². The molecule has 2 aromatic carbocycles. The standard InChI is InChI=1S/C24H19ClN6O/c1-2-17-13-21(23-20(26-17)11-12-22(25)27-23)32-14-15-7-9-16(10-8-15)18-5-3-4-6-19(18)24-28-30-31-29-24/h3-13H,2,14H2,1H3,(H,28,29,30,31). The third-order valence-corrected chi connectivity index (χ3v) is 5.38. The van der Waals surface area contributed by atoms with Crippen molar-refractivity contribution in [3.63, 3.8) is 0 Å². The van der Waals surface area contributed by atoms with Gasteiger partial charge >= 0.3 is 0 Å². The van der Waals surface area contributed by atoms with Gasteiger partial charge in [0.05, 0.1) is 5.52 Å². The Morgan fingerprint density at radius 2 is 1.75 bits per heavy atom. The number of nitrogens with one attached hydrogen (secondary N) is 1. The third-order valence-electron chi connectivity index (χ3n) is 5.17. The smallest absolute Gasteiger partial charge is 0.205 e. The van der Waals surface area contributed by atoms with Gasteiger partial charge in [0.25, 0.3) is 0 Å². The third kappa shape index (κ3) is 4.02. The van der Waals surface area contributed by atoms with Gasteiger partial charge in [0, 0.05) is 17.3 Å². The molecule has 7 nitrogen and oxygen atoms in total. The number of tetrazole rings is 1. The van der Waals surface area contributed by atoms with Crippen molar-refractivity contribution in [1.29, 1.82) is 0 Å². The van der Waals surface area contributed by atoms with Crippen molar-refractivity contribution in [1.82, 2.24) is 30.6 Å². The Kier molecular flexibility index (Phi) is 5.47. The van der Waals surface area contributed by atoms with Gasteiger partial charge in [-0.25, -0.2) is 4.98 Å². The molecule has 0 unspecified atom stereocenters. The van der Waals surface area contributed by atoms with Crippen LogP contribution >= 0.6 is 11.6 Å². The molecule has 8 heteroatoms. The normalized spacial score (nSPS) is 11.1. The van der Waals surface area contributed by atoms with Crippen LogP contribution < -0.4 is 4.74 Å². The van der Waals surface area contributed by atoms with E-state index in [4.69, 9.17) is 16.3 Å². The van der Waals surface area contributed by atoms with E-state index >= 15 is 0 Å². The van der Waals surface area contributed by atoms with Crippen LogP contribution in [-0.2, 0) is 13.0 Å². The number of rotatable bonds is 6. The maximum atomic E-state index is 6.14. The zero-order chi connectivity index (χ0) is 21.9. The fourth-order valence-corrected chi connectivity index (χ4v) is 3.69. The summed E-state index contributed by atoms with van der Waals surface area (Å²) in [4.78, 5) is 9.02. The Labute approximate surface area is 189 Å². The quantitative estimate of drug-likeness (QED) is 0.360. The first-order valence-corrected chi connectivity index (χ1v) is 10.6. The number of pyridine rings is 2. The molecule has 0 saturated heterocycles. The molecule has 0 amide bonds. The topological polar surface area (TPSA) is 89.5 Å². The van der Waals surface area contributed by atoms with Crippen LogP contribution in [-0.4, -0.2) is 30.6 Å². The highest BCUT2D eigenvalue weighted by Gasteiger charge is 2.12. The first-order chi connectivity index (χ1) is 15.7. The van der Waals surface area contributed by atoms with E-state index in [0.717, 1.165) is 39.9 Å². The minimum atomic E-state index is 0.406. The second-order valence-corrected chi connectivity index (χ2v) is 7.62. The molecule has 0 atom stereocenters. The van der Waals surface area contributed by atoms with E-state index in [-0.39, 0.29) is 0 Å². The molecule has 0 aliphatic carbocycles. The number of hydrogen-bond acceptors (Lipinski definition) is 6. The van der Waals surface area contributed by atoms with Crippen LogP contribution in [0.1, 0.15) is 18.2 Å². The van der Waals surface area contributed by atoms with Gasteiger partial charge in [-0.2, -0.15) is 5.21 Å². The molecular formula is C24H19ClN6O. The molecule has 5 aromatic rings. The molecule has 158 valence electrons. The summed E-state index contributed by atoms with van der Waals surface area (Å²) < 4.78 is 6.14. The van der Waals surface area contributed by atoms with E-state index in [9.17, 15) is 0 Å². The van der Waals surface area contributed by atoms with Crippen molar-refractivity contribution in [2.75, 3.05) is 0 Å². The molecule has 5 rings (SSSR count). The van der Waals surface area contributed by atoms with E-state index in [1.54, 1.807) is 6.07 Å². The Morgan fingerprint density at radius 1 is 0.938 bits per heavy atom. The predicted octanol–water partition coefficient (Wildman–Crippen LogP) is 5.27. The number of benzene rings is 2. The predicted molar refractivity (Wildman–Crippen MR) is 123 cm³/mol. The molecule has 3 aromatic heterocycles. The summed E-state index contributed by atoms with van der Waals surface area (Å²) in [6, 6.07) is 21.7. The van der Waals surface area contributed by atoms with Gasteiger partial charge in [0.1, 0.15) is 23.0 Å². The zero-order valence-electron chi connectivity index (χ0n) is 17.3. The summed E-state index contributed by atoms with van der Waals surface area (Å²) in [5, 5.41) is 14.8. The average molecular weight is 443 g/mol. The van der Waals surface area contributed by atoms with E-state index in [0.29, 0.717) is 28.9 Å². The number of fused-ring (bicyclic) bond motifs is 1. The number of aromatic nitrogens is 6. The van der Waals surface area contributed by atoms with E-state index < -0.39 is 0 Å². The van der Waals surface area contributed by atoms with Gasteiger partial charge in [0.2, 0.25) is 5.82 Å². The van der Waals surface area contributed by atoms with Gasteiger partial charge < -0.3 is 4.74 Å². The number of hydrogen-bond donors (Lipinski definition) is 1. The van der Waals surface area contributed by atoms with Gasteiger partial charge in [-0.3, -0.25) is 4.98 Å². The zero-order valence-corrected chi connectivity index (χ0v) is 18.0. The summed E-state index contributed by atoms with van der Waals surface area (Å²) in [5.41, 5.74) is 6.44. The molecule has 1 N–H and O–H groups in total. The lowest BCUT2D eigenvalue weighted by Crippen LogP contribution is -2.00. The van der Waals surface area contributed by atoms with E-state index in [2.05, 4.69) is 49.6 Å². The molecule has 0 bridgehead atoms. The van der Waals surface area contributed by atoms with Crippen LogP contribution in [0.5, 0.6) is 5.75 Å². The fourth-order valence-electron chi connectivity index (χ4n) is 3.54. The molecule has 0 aliphatic heterocycles. The van der Waals surface area contributed by atoms with Crippen molar-refractivity contribution < 1.29 is 4.74 Å². The molecule has 32 heavy (non-hydrogen) atoms. The van der Waals surface area contributed by atoms with Gasteiger partial charge in [-0.05, 0) is 40.5 Å². The lowest BCUT2D eigenvalue weighted by molar-refractivity contribution is 0.309. The van der Waals surface area contributed by atoms with Crippen molar-refractivity contribution >= 4 is 22.6 Å². The van der Waals surface area contributed by atoms with Crippen molar-refractivity contribution in [3.05, 3.63) is 83.1 Å². The summed E-state index contributed by atoms with van der Waals surface area (Å²) in [6.45, 7) is 2.47. The number of nitrogens with zero attached hydrogens (tertiary/aromatic N) is 5. The van der Waals surface area contributed by atoms with Crippen molar-refractivity contribution in [2.24, 2.45) is 0 Å². The van der Waals surface area contributed by atoms with Crippen molar-refractivity contribution in [3.8, 4) is 28.3 Å². The summed E-state index contributed by atoms with van der Waals surface area (Å²) in [7, 11) is 0. The monoisotopic (exact) mass is 442 g/mol. The SMILES string of the molecule is CCc1cc(OCc2ccc(-c3ccccc3-c3nn[nH]n3)cc2)c2nc(Cl)ccc2n1. The first-order valence-electron chi connectivity index (χ1n) is 10.2. The number of H-pyrrole nitrogens is 1. The second-order valence-electron chi connectivity index (χ2n) is 7.23. The van der Waals surface area contributed by atoms with Gasteiger partial charge in [0.15, 0.2) is 0 Å². The lowest BCUT2D eigenvalue weighted by Gasteiger charge is -2.12. The van der Waals surface area contributed by atoms with Crippen LogP contribution in [0.4, 0.5) is 0 Å². The number of aromatic amines is 1. The maximum absolute atomic E-state index is 6.14. The average Bonchev–Trinajstić information content (AvgIpc) is 3.38. The fraction of sp³-hybridized carbons (Fsp3) is 0.125. The first kappa shape index (κ1) is 20.1. The second kappa shape index (κ2) is 8.72. The maximum Gasteiger partial charge on any atom is 0.205 e. The summed E-state index contributed by atoms with van der Waals surface area (Å²) >= 11 is 6.10. The van der Waals surface area contributed by atoms with Gasteiger partial charge in [-0.15, -0.1) is 10.2 Å². The summed E-state index contributed by atoms with van der Waals surface area (Å²) in [5.74, 6) is 1.25. The molecule has 0 spiro atoms. The molecule has 3 heterocycles. The minimum absolute atomic E-state index is 0.406. The molecule has 0 aliphatic rings. The number of halogens is 1. The van der Waals surface area contributed by atoms with E-state index in [1.165, 1.54) is 0 Å². The number of ether oxygens (including phenoxy) is 1. The largest absolute Gasteiger partial charge is 0.486 e. The Bertz CT molecular complexity index is 1370. The number of aryl methyl sites for hydroxylation is 1. The Morgan fingerprint density at radius 3 is 2.50 bits per heavy atom. The van der Waals surface area contributed by atoms with Crippen LogP contribution in [0.25, 0.3) is 33.5 Å². The van der Waals surface area contributed by atoms with Crippen molar-refractivity contribution in [2.45, 2.75) is 20.0 Å². The minimum Gasteiger partial charge on any atom is -0.486 e. The Balaban J connectivity index is 1.40. The molecule has 0 fully saturated rings. The summed E-state index contributed by atoms with van der Waals surface area (Å²) in [6.07, 6.45) is 0.809. The Hall–Kier alpha value is -3.84. The lowest BCUT2D eigenvalue weighted by atomic mass is 9.98. The molecule has 0 radical (unpaired) electrons.